The van der Waals surface area contributed by atoms with Crippen molar-refractivity contribution in [1.29, 1.82) is 0 Å². The lowest BCUT2D eigenvalue weighted by Gasteiger charge is -2.07. The van der Waals surface area contributed by atoms with Gasteiger partial charge in [0.25, 0.3) is 5.91 Å². The molecule has 4 rings (SSSR count). The molecule has 150 valence electrons. The van der Waals surface area contributed by atoms with E-state index in [-0.39, 0.29) is 5.91 Å². The summed E-state index contributed by atoms with van der Waals surface area (Å²) < 4.78 is 5.85. The van der Waals surface area contributed by atoms with Crippen molar-refractivity contribution in [2.45, 2.75) is 20.5 Å². The summed E-state index contributed by atoms with van der Waals surface area (Å²) >= 11 is 1.35. The molecule has 0 aromatic heterocycles. The first-order valence-corrected chi connectivity index (χ1v) is 10.5. The van der Waals surface area contributed by atoms with Gasteiger partial charge in [-0.1, -0.05) is 54.1 Å². The minimum absolute atomic E-state index is 0.133. The van der Waals surface area contributed by atoms with Gasteiger partial charge in [0, 0.05) is 0 Å². The van der Waals surface area contributed by atoms with Crippen LogP contribution in [0.4, 0.5) is 5.69 Å². The number of thioether (sulfide) groups is 1. The van der Waals surface area contributed by atoms with E-state index in [4.69, 9.17) is 4.74 Å². The van der Waals surface area contributed by atoms with E-state index >= 15 is 0 Å². The molecule has 0 atom stereocenters. The van der Waals surface area contributed by atoms with E-state index in [0.717, 1.165) is 28.1 Å². The number of carbonyl (C=O) groups is 1. The zero-order valence-corrected chi connectivity index (χ0v) is 17.7. The van der Waals surface area contributed by atoms with Gasteiger partial charge < -0.3 is 10.1 Å². The first-order valence-electron chi connectivity index (χ1n) is 9.70. The van der Waals surface area contributed by atoms with E-state index < -0.39 is 0 Å². The molecule has 3 aromatic rings. The third kappa shape index (κ3) is 5.19. The molecule has 1 fully saturated rings. The second-order valence-corrected chi connectivity index (χ2v) is 8.19. The van der Waals surface area contributed by atoms with E-state index in [1.165, 1.54) is 17.3 Å². The highest BCUT2D eigenvalue weighted by molar-refractivity contribution is 8.18. The van der Waals surface area contributed by atoms with Gasteiger partial charge in [0.2, 0.25) is 0 Å². The molecule has 1 saturated heterocycles. The Labute approximate surface area is 180 Å². The molecule has 1 aliphatic heterocycles. The summed E-state index contributed by atoms with van der Waals surface area (Å²) in [5.41, 5.74) is 5.26. The van der Waals surface area contributed by atoms with Gasteiger partial charge in [0.1, 0.15) is 12.4 Å². The Balaban J connectivity index is 1.40. The summed E-state index contributed by atoms with van der Waals surface area (Å²) in [4.78, 5) is 17.4. The molecule has 1 heterocycles. The van der Waals surface area contributed by atoms with E-state index in [1.54, 1.807) is 0 Å². The van der Waals surface area contributed by atoms with Crippen molar-refractivity contribution >= 4 is 34.6 Å². The third-order valence-electron chi connectivity index (χ3n) is 4.59. The molecule has 1 aliphatic rings. The van der Waals surface area contributed by atoms with Crippen molar-refractivity contribution in [2.75, 3.05) is 0 Å². The summed E-state index contributed by atoms with van der Waals surface area (Å²) in [6.07, 6.45) is 1.86. The number of ether oxygens (including phenoxy) is 1. The summed E-state index contributed by atoms with van der Waals surface area (Å²) in [5, 5.41) is 3.42. The molecule has 0 saturated carbocycles. The summed E-state index contributed by atoms with van der Waals surface area (Å²) in [7, 11) is 0. The Kier molecular flexibility index (Phi) is 6.00. The highest BCUT2D eigenvalue weighted by Crippen LogP contribution is 2.28. The zero-order chi connectivity index (χ0) is 20.9. The Morgan fingerprint density at radius 1 is 0.967 bits per heavy atom. The van der Waals surface area contributed by atoms with Gasteiger partial charge in [-0.05, 0) is 72.6 Å². The molecular weight excluding hydrogens is 392 g/mol. The average molecular weight is 415 g/mol. The fourth-order valence-corrected chi connectivity index (χ4v) is 3.80. The normalized spacial score (nSPS) is 16.1. The van der Waals surface area contributed by atoms with Crippen LogP contribution in [-0.4, -0.2) is 11.1 Å². The van der Waals surface area contributed by atoms with E-state index in [0.29, 0.717) is 16.7 Å². The first kappa shape index (κ1) is 20.0. The fourth-order valence-electron chi connectivity index (χ4n) is 2.96. The first-order chi connectivity index (χ1) is 14.5. The monoisotopic (exact) mass is 414 g/mol. The van der Waals surface area contributed by atoms with Crippen molar-refractivity contribution in [3.8, 4) is 5.75 Å². The smallest absolute Gasteiger partial charge is 0.264 e. The predicted octanol–water partition coefficient (Wildman–Crippen LogP) is 5.77. The molecular formula is C25H22N2O2S. The maximum atomic E-state index is 12.3. The second kappa shape index (κ2) is 9.01. The van der Waals surface area contributed by atoms with Gasteiger partial charge in [0.15, 0.2) is 5.17 Å². The Morgan fingerprint density at radius 2 is 1.73 bits per heavy atom. The highest BCUT2D eigenvalue weighted by atomic mass is 32.2. The van der Waals surface area contributed by atoms with Crippen LogP contribution in [0.1, 0.15) is 22.3 Å². The summed E-state index contributed by atoms with van der Waals surface area (Å²) in [5.74, 6) is 0.661. The summed E-state index contributed by atoms with van der Waals surface area (Å²) in [6, 6.07) is 23.9. The van der Waals surface area contributed by atoms with E-state index in [2.05, 4.69) is 41.5 Å². The van der Waals surface area contributed by atoms with E-state index in [1.807, 2.05) is 61.5 Å². The standard InChI is InChI=1S/C25H22N2O2S/c1-17-6-8-20(9-7-17)16-29-22-12-10-19(11-13-22)15-23-24(28)27-25(30-23)26-21-5-3-4-18(2)14-21/h3-15H,16H2,1-2H3,(H,26,27,28). The number of rotatable bonds is 5. The number of hydrogen-bond donors (Lipinski definition) is 1. The van der Waals surface area contributed by atoms with Gasteiger partial charge >= 0.3 is 0 Å². The molecule has 0 radical (unpaired) electrons. The van der Waals surface area contributed by atoms with Crippen LogP contribution in [0.5, 0.6) is 5.75 Å². The number of amides is 1. The summed E-state index contributed by atoms with van der Waals surface area (Å²) in [6.45, 7) is 4.61. The molecule has 5 heteroatoms. The lowest BCUT2D eigenvalue weighted by atomic mass is 10.1. The van der Waals surface area contributed by atoms with Crippen molar-refractivity contribution in [1.82, 2.24) is 5.32 Å². The number of aryl methyl sites for hydroxylation is 2. The number of carbonyl (C=O) groups excluding carboxylic acids is 1. The molecule has 4 nitrogen and oxygen atoms in total. The highest BCUT2D eigenvalue weighted by Gasteiger charge is 2.23. The average Bonchev–Trinajstić information content (AvgIpc) is 3.07. The Hall–Kier alpha value is -3.31. The van der Waals surface area contributed by atoms with Crippen LogP contribution in [0.3, 0.4) is 0 Å². The van der Waals surface area contributed by atoms with Crippen LogP contribution < -0.4 is 10.1 Å². The predicted molar refractivity (Wildman–Crippen MR) is 124 cm³/mol. The van der Waals surface area contributed by atoms with Crippen molar-refractivity contribution in [3.63, 3.8) is 0 Å². The SMILES string of the molecule is Cc1ccc(COc2ccc(C=C3SC(=Nc4cccc(C)c4)NC3=O)cc2)cc1. The lowest BCUT2D eigenvalue weighted by molar-refractivity contribution is -0.115. The molecule has 1 amide bonds. The zero-order valence-electron chi connectivity index (χ0n) is 16.9. The Morgan fingerprint density at radius 3 is 2.47 bits per heavy atom. The molecule has 0 unspecified atom stereocenters. The quantitative estimate of drug-likeness (QED) is 0.539. The van der Waals surface area contributed by atoms with Crippen LogP contribution in [0, 0.1) is 13.8 Å². The number of amidine groups is 1. The van der Waals surface area contributed by atoms with Gasteiger partial charge in [0.05, 0.1) is 10.6 Å². The van der Waals surface area contributed by atoms with Crippen LogP contribution in [0.15, 0.2) is 82.7 Å². The molecule has 0 spiro atoms. The topological polar surface area (TPSA) is 50.7 Å². The maximum Gasteiger partial charge on any atom is 0.264 e. The number of aliphatic imine (C=N–C) groups is 1. The van der Waals surface area contributed by atoms with Gasteiger partial charge in [-0.25, -0.2) is 4.99 Å². The van der Waals surface area contributed by atoms with Gasteiger partial charge in [-0.15, -0.1) is 0 Å². The van der Waals surface area contributed by atoms with Crippen molar-refractivity contribution in [3.05, 3.63) is 100.0 Å². The molecule has 30 heavy (non-hydrogen) atoms. The largest absolute Gasteiger partial charge is 0.489 e. The lowest BCUT2D eigenvalue weighted by Crippen LogP contribution is -2.19. The minimum Gasteiger partial charge on any atom is -0.489 e. The van der Waals surface area contributed by atoms with Crippen LogP contribution in [0.25, 0.3) is 6.08 Å². The van der Waals surface area contributed by atoms with Crippen LogP contribution in [0.2, 0.25) is 0 Å². The van der Waals surface area contributed by atoms with E-state index in [9.17, 15) is 4.79 Å². The number of hydrogen-bond acceptors (Lipinski definition) is 4. The molecule has 1 N–H and O–H groups in total. The van der Waals surface area contributed by atoms with Gasteiger partial charge in [-0.2, -0.15) is 0 Å². The number of benzene rings is 3. The third-order valence-corrected chi connectivity index (χ3v) is 5.50. The molecule has 3 aromatic carbocycles. The minimum atomic E-state index is -0.133. The van der Waals surface area contributed by atoms with Crippen molar-refractivity contribution in [2.24, 2.45) is 4.99 Å². The van der Waals surface area contributed by atoms with Crippen LogP contribution >= 0.6 is 11.8 Å². The van der Waals surface area contributed by atoms with Gasteiger partial charge in [-0.3, -0.25) is 4.79 Å². The fraction of sp³-hybridized carbons (Fsp3) is 0.120. The molecule has 0 aliphatic carbocycles. The van der Waals surface area contributed by atoms with Crippen molar-refractivity contribution < 1.29 is 9.53 Å². The maximum absolute atomic E-state index is 12.3. The van der Waals surface area contributed by atoms with Crippen LogP contribution in [-0.2, 0) is 11.4 Å². The number of nitrogens with zero attached hydrogens (tertiary/aromatic N) is 1. The second-order valence-electron chi connectivity index (χ2n) is 7.16. The Bertz CT molecular complexity index is 1120. The molecule has 0 bridgehead atoms. The number of nitrogens with one attached hydrogen (secondary N) is 1.